The van der Waals surface area contributed by atoms with Crippen molar-refractivity contribution < 1.29 is 8.42 Å². The average Bonchev–Trinajstić information content (AvgIpc) is 2.95. The van der Waals surface area contributed by atoms with Crippen LogP contribution in [0.3, 0.4) is 0 Å². The maximum absolute atomic E-state index is 12.9. The summed E-state index contributed by atoms with van der Waals surface area (Å²) in [7, 11) is -1.51. The van der Waals surface area contributed by atoms with Crippen molar-refractivity contribution in [1.29, 1.82) is 0 Å². The molecule has 1 atom stereocenters. The van der Waals surface area contributed by atoms with Crippen LogP contribution in [0.5, 0.6) is 0 Å². The van der Waals surface area contributed by atoms with Crippen molar-refractivity contribution in [1.82, 2.24) is 24.8 Å². The van der Waals surface area contributed by atoms with E-state index in [1.165, 1.54) is 10.6 Å². The first kappa shape index (κ1) is 27.7. The monoisotopic (exact) mass is 558 g/mol. The Bertz CT molecular complexity index is 1560. The molecule has 0 aliphatic carbocycles. The predicted octanol–water partition coefficient (Wildman–Crippen LogP) is 3.89. The Morgan fingerprint density at radius 2 is 1.70 bits per heavy atom. The summed E-state index contributed by atoms with van der Waals surface area (Å²) in [6, 6.07) is 18.5. The summed E-state index contributed by atoms with van der Waals surface area (Å²) in [6.07, 6.45) is 6.12. The summed E-state index contributed by atoms with van der Waals surface area (Å²) in [5.41, 5.74) is 11.8. The summed E-state index contributed by atoms with van der Waals surface area (Å²) < 4.78 is 27.2. The Morgan fingerprint density at radius 1 is 0.975 bits per heavy atom. The average molecular weight is 559 g/mol. The number of piperazine rings is 1. The van der Waals surface area contributed by atoms with Gasteiger partial charge in [-0.2, -0.15) is 0 Å². The Kier molecular flexibility index (Phi) is 8.08. The molecule has 3 N–H and O–H groups in total. The van der Waals surface area contributed by atoms with Crippen LogP contribution in [0.15, 0.2) is 79.3 Å². The van der Waals surface area contributed by atoms with Gasteiger partial charge in [0, 0.05) is 56.0 Å². The summed E-state index contributed by atoms with van der Waals surface area (Å²) in [5, 5.41) is 3.25. The first-order valence-electron chi connectivity index (χ1n) is 13.1. The second-order valence-electron chi connectivity index (χ2n) is 10.0. The van der Waals surface area contributed by atoms with Crippen molar-refractivity contribution in [2.24, 2.45) is 5.73 Å². The molecule has 0 radical (unpaired) electrons. The van der Waals surface area contributed by atoms with Gasteiger partial charge >= 0.3 is 0 Å². The highest BCUT2D eigenvalue weighted by molar-refractivity contribution is 7.92. The molecular formula is C29H34N8O2S. The summed E-state index contributed by atoms with van der Waals surface area (Å²) in [6.45, 7) is 5.65. The molecule has 1 unspecified atom stereocenters. The van der Waals surface area contributed by atoms with Crippen LogP contribution < -0.4 is 15.4 Å². The van der Waals surface area contributed by atoms with Crippen molar-refractivity contribution in [2.45, 2.75) is 13.1 Å². The number of pyridine rings is 1. The standard InChI is InChI=1S/C29H34N8O2S/c1-21-19-25(10-11-26(21)33-29-32-14-12-27(34-29)23-5-4-13-31-20-23)37(40(3,38)39)24-8-6-22(7-9-24)28(30)36-17-15-35(2)16-18-36/h4-14,19-20,28H,15-18,30H2,1-3H3,(H,32,33,34). The van der Waals surface area contributed by atoms with Gasteiger partial charge in [0.25, 0.3) is 0 Å². The molecule has 0 bridgehead atoms. The van der Waals surface area contributed by atoms with E-state index in [0.29, 0.717) is 17.3 Å². The fourth-order valence-corrected chi connectivity index (χ4v) is 5.78. The number of nitrogens with one attached hydrogen (secondary N) is 1. The SMILES string of the molecule is Cc1cc(N(c2ccc(C(N)N3CCN(C)CC3)cc2)S(C)(=O)=O)ccc1Nc1nccc(-c2cccnc2)n1. The zero-order chi connectivity index (χ0) is 28.3. The van der Waals surface area contributed by atoms with Gasteiger partial charge in [0.05, 0.1) is 29.5 Å². The van der Waals surface area contributed by atoms with Gasteiger partial charge in [0.1, 0.15) is 0 Å². The summed E-state index contributed by atoms with van der Waals surface area (Å²) >= 11 is 0. The van der Waals surface area contributed by atoms with Crippen LogP contribution in [0.4, 0.5) is 23.0 Å². The lowest BCUT2D eigenvalue weighted by molar-refractivity contribution is 0.114. The topological polar surface area (TPSA) is 121 Å². The molecule has 1 fully saturated rings. The van der Waals surface area contributed by atoms with Crippen LogP contribution in [-0.2, 0) is 10.0 Å². The molecule has 2 aromatic heterocycles. The molecule has 0 amide bonds. The van der Waals surface area contributed by atoms with E-state index >= 15 is 0 Å². The molecular weight excluding hydrogens is 524 g/mol. The Balaban J connectivity index is 1.36. The maximum atomic E-state index is 12.9. The van der Waals surface area contributed by atoms with Gasteiger partial charge in [-0.3, -0.25) is 9.88 Å². The first-order valence-corrected chi connectivity index (χ1v) is 14.9. The van der Waals surface area contributed by atoms with Gasteiger partial charge in [-0.1, -0.05) is 12.1 Å². The highest BCUT2D eigenvalue weighted by atomic mass is 32.2. The van der Waals surface area contributed by atoms with Gasteiger partial charge in [-0.05, 0) is 73.6 Å². The van der Waals surface area contributed by atoms with Crippen molar-refractivity contribution in [3.63, 3.8) is 0 Å². The number of aromatic nitrogens is 3. The third-order valence-electron chi connectivity index (χ3n) is 7.04. The van der Waals surface area contributed by atoms with Crippen LogP contribution in [0.25, 0.3) is 11.3 Å². The van der Waals surface area contributed by atoms with Crippen molar-refractivity contribution in [3.8, 4) is 11.3 Å². The minimum Gasteiger partial charge on any atom is -0.324 e. The number of rotatable bonds is 8. The molecule has 4 aromatic rings. The predicted molar refractivity (Wildman–Crippen MR) is 159 cm³/mol. The van der Waals surface area contributed by atoms with E-state index in [-0.39, 0.29) is 6.17 Å². The molecule has 5 rings (SSSR count). The lowest BCUT2D eigenvalue weighted by Gasteiger charge is -2.36. The van der Waals surface area contributed by atoms with Gasteiger partial charge in [0.15, 0.2) is 0 Å². The van der Waals surface area contributed by atoms with E-state index < -0.39 is 10.0 Å². The molecule has 0 saturated carbocycles. The molecule has 11 heteroatoms. The quantitative estimate of drug-likeness (QED) is 0.332. The van der Waals surface area contributed by atoms with Gasteiger partial charge < -0.3 is 16.0 Å². The third-order valence-corrected chi connectivity index (χ3v) is 8.12. The number of sulfonamides is 1. The Hall–Kier alpha value is -3.90. The molecule has 0 spiro atoms. The number of likely N-dealkylation sites (N-methyl/N-ethyl adjacent to an activating group) is 1. The fraction of sp³-hybridized carbons (Fsp3) is 0.276. The minimum absolute atomic E-state index is 0.235. The van der Waals surface area contributed by atoms with E-state index in [0.717, 1.165) is 54.3 Å². The second-order valence-corrected chi connectivity index (χ2v) is 11.9. The van der Waals surface area contributed by atoms with Gasteiger partial charge in [-0.25, -0.2) is 22.7 Å². The normalized spacial score (nSPS) is 15.5. The van der Waals surface area contributed by atoms with E-state index in [4.69, 9.17) is 5.73 Å². The largest absolute Gasteiger partial charge is 0.324 e. The fourth-order valence-electron chi connectivity index (χ4n) is 4.78. The van der Waals surface area contributed by atoms with E-state index in [9.17, 15) is 8.42 Å². The zero-order valence-electron chi connectivity index (χ0n) is 22.9. The second kappa shape index (κ2) is 11.7. The molecule has 1 aliphatic heterocycles. The summed E-state index contributed by atoms with van der Waals surface area (Å²) in [5.74, 6) is 0.435. The third kappa shape index (κ3) is 6.28. The Morgan fingerprint density at radius 3 is 2.35 bits per heavy atom. The molecule has 40 heavy (non-hydrogen) atoms. The first-order chi connectivity index (χ1) is 19.2. The minimum atomic E-state index is -3.62. The number of anilines is 4. The maximum Gasteiger partial charge on any atom is 0.236 e. The van der Waals surface area contributed by atoms with E-state index in [1.807, 2.05) is 61.5 Å². The van der Waals surface area contributed by atoms with Crippen LogP contribution in [0.2, 0.25) is 0 Å². The van der Waals surface area contributed by atoms with Crippen LogP contribution >= 0.6 is 0 Å². The van der Waals surface area contributed by atoms with Crippen molar-refractivity contribution >= 4 is 33.0 Å². The molecule has 208 valence electrons. The molecule has 1 saturated heterocycles. The lowest BCUT2D eigenvalue weighted by atomic mass is 10.1. The number of nitrogens with two attached hydrogens (primary N) is 1. The van der Waals surface area contributed by atoms with Gasteiger partial charge in [-0.15, -0.1) is 0 Å². The Labute approximate surface area is 235 Å². The van der Waals surface area contributed by atoms with Crippen molar-refractivity contribution in [2.75, 3.05) is 49.1 Å². The number of hydrogen-bond acceptors (Lipinski definition) is 9. The molecule has 10 nitrogen and oxygen atoms in total. The lowest BCUT2D eigenvalue weighted by Crippen LogP contribution is -2.48. The van der Waals surface area contributed by atoms with E-state index in [2.05, 4.69) is 37.1 Å². The number of aryl methyl sites for hydroxylation is 1. The summed E-state index contributed by atoms with van der Waals surface area (Å²) in [4.78, 5) is 17.6. The van der Waals surface area contributed by atoms with Crippen LogP contribution in [-0.4, -0.2) is 72.7 Å². The van der Waals surface area contributed by atoms with Gasteiger partial charge in [0.2, 0.25) is 16.0 Å². The highest BCUT2D eigenvalue weighted by Crippen LogP contribution is 2.33. The number of hydrogen-bond donors (Lipinski definition) is 2. The van der Waals surface area contributed by atoms with Crippen LogP contribution in [0.1, 0.15) is 17.3 Å². The smallest absolute Gasteiger partial charge is 0.236 e. The van der Waals surface area contributed by atoms with Crippen LogP contribution in [0, 0.1) is 6.92 Å². The zero-order valence-corrected chi connectivity index (χ0v) is 23.7. The molecule has 1 aliphatic rings. The molecule has 2 aromatic carbocycles. The van der Waals surface area contributed by atoms with E-state index in [1.54, 1.807) is 24.7 Å². The van der Waals surface area contributed by atoms with Crippen molar-refractivity contribution in [3.05, 3.63) is 90.4 Å². The highest BCUT2D eigenvalue weighted by Gasteiger charge is 2.23. The number of benzene rings is 2. The molecule has 3 heterocycles. The number of nitrogens with zero attached hydrogens (tertiary/aromatic N) is 6.